The van der Waals surface area contributed by atoms with Gasteiger partial charge in [-0.25, -0.2) is 14.8 Å². The molecule has 0 aromatic carbocycles. The lowest BCUT2D eigenvalue weighted by molar-refractivity contribution is 0.0660. The van der Waals surface area contributed by atoms with Crippen molar-refractivity contribution in [2.45, 2.75) is 6.04 Å². The van der Waals surface area contributed by atoms with Crippen LogP contribution in [0.2, 0.25) is 0 Å². The molecule has 2 heterocycles. The number of hydrogen-bond donors (Lipinski definition) is 2. The van der Waals surface area contributed by atoms with E-state index in [-0.39, 0.29) is 5.76 Å². The van der Waals surface area contributed by atoms with E-state index in [0.29, 0.717) is 11.3 Å². The number of carboxylic acid groups (broad SMARTS) is 1. The maximum atomic E-state index is 10.8. The van der Waals surface area contributed by atoms with Crippen molar-refractivity contribution in [3.8, 4) is 0 Å². The summed E-state index contributed by atoms with van der Waals surface area (Å²) in [4.78, 5) is 18.6. The van der Waals surface area contributed by atoms with E-state index in [4.69, 9.17) is 15.3 Å². The van der Waals surface area contributed by atoms with Crippen LogP contribution in [0.1, 0.15) is 27.9 Å². The van der Waals surface area contributed by atoms with E-state index >= 15 is 0 Å². The summed E-state index contributed by atoms with van der Waals surface area (Å²) in [6.45, 7) is 0. The SMILES string of the molecule is NC(c1ccncn1)c1ccoc1C(=O)O. The fourth-order valence-electron chi connectivity index (χ4n) is 1.38. The molecule has 0 aliphatic heterocycles. The zero-order valence-corrected chi connectivity index (χ0v) is 8.20. The van der Waals surface area contributed by atoms with Gasteiger partial charge < -0.3 is 15.3 Å². The van der Waals surface area contributed by atoms with Gasteiger partial charge in [-0.15, -0.1) is 0 Å². The summed E-state index contributed by atoms with van der Waals surface area (Å²) in [6.07, 6.45) is 4.19. The molecule has 0 amide bonds. The third-order valence-corrected chi connectivity index (χ3v) is 2.15. The molecule has 2 aromatic heterocycles. The number of aromatic nitrogens is 2. The molecular formula is C10H9N3O3. The van der Waals surface area contributed by atoms with Gasteiger partial charge in [0.05, 0.1) is 18.0 Å². The van der Waals surface area contributed by atoms with Gasteiger partial charge in [-0.3, -0.25) is 0 Å². The molecule has 0 aliphatic rings. The molecule has 0 radical (unpaired) electrons. The van der Waals surface area contributed by atoms with E-state index in [1.165, 1.54) is 18.7 Å². The van der Waals surface area contributed by atoms with E-state index in [9.17, 15) is 4.79 Å². The number of aromatic carboxylic acids is 1. The minimum atomic E-state index is -1.15. The number of furan rings is 1. The molecule has 0 saturated heterocycles. The normalized spacial score (nSPS) is 12.3. The standard InChI is InChI=1S/C10H9N3O3/c11-8(7-1-3-12-5-13-7)6-2-4-16-9(6)10(14)15/h1-5,8H,11H2,(H,14,15). The Kier molecular flexibility index (Phi) is 2.65. The highest BCUT2D eigenvalue weighted by Gasteiger charge is 2.21. The highest BCUT2D eigenvalue weighted by Crippen LogP contribution is 2.22. The summed E-state index contributed by atoms with van der Waals surface area (Å²) in [7, 11) is 0. The lowest BCUT2D eigenvalue weighted by Gasteiger charge is -2.08. The van der Waals surface area contributed by atoms with Crippen molar-refractivity contribution in [3.63, 3.8) is 0 Å². The van der Waals surface area contributed by atoms with Crippen molar-refractivity contribution in [1.82, 2.24) is 9.97 Å². The lowest BCUT2D eigenvalue weighted by atomic mass is 10.1. The molecule has 16 heavy (non-hydrogen) atoms. The second-order valence-corrected chi connectivity index (χ2v) is 3.12. The van der Waals surface area contributed by atoms with Gasteiger partial charge in [-0.05, 0) is 12.1 Å². The van der Waals surface area contributed by atoms with Gasteiger partial charge >= 0.3 is 5.97 Å². The number of carboxylic acids is 1. The topological polar surface area (TPSA) is 102 Å². The third kappa shape index (κ3) is 1.78. The van der Waals surface area contributed by atoms with Crippen LogP contribution in [0, 0.1) is 0 Å². The molecule has 1 atom stereocenters. The summed E-state index contributed by atoms with van der Waals surface area (Å²) >= 11 is 0. The summed E-state index contributed by atoms with van der Waals surface area (Å²) in [6, 6.07) is 2.52. The monoisotopic (exact) mass is 219 g/mol. The molecule has 3 N–H and O–H groups in total. The molecule has 0 bridgehead atoms. The van der Waals surface area contributed by atoms with Crippen LogP contribution in [0.5, 0.6) is 0 Å². The zero-order valence-electron chi connectivity index (χ0n) is 8.20. The quantitative estimate of drug-likeness (QED) is 0.792. The smallest absolute Gasteiger partial charge is 0.372 e. The number of nitrogens with two attached hydrogens (primary N) is 1. The number of rotatable bonds is 3. The van der Waals surface area contributed by atoms with Crippen molar-refractivity contribution in [2.24, 2.45) is 5.73 Å². The van der Waals surface area contributed by atoms with Crippen LogP contribution in [0.25, 0.3) is 0 Å². The summed E-state index contributed by atoms with van der Waals surface area (Å²) in [5, 5.41) is 8.87. The first kappa shape index (κ1) is 10.3. The summed E-state index contributed by atoms with van der Waals surface area (Å²) < 4.78 is 4.85. The van der Waals surface area contributed by atoms with E-state index in [1.54, 1.807) is 12.3 Å². The molecule has 6 nitrogen and oxygen atoms in total. The molecule has 82 valence electrons. The van der Waals surface area contributed by atoms with Crippen molar-refractivity contribution in [2.75, 3.05) is 0 Å². The van der Waals surface area contributed by atoms with Crippen molar-refractivity contribution in [3.05, 3.63) is 47.9 Å². The van der Waals surface area contributed by atoms with Gasteiger partial charge in [0.15, 0.2) is 0 Å². The van der Waals surface area contributed by atoms with Crippen LogP contribution in [-0.4, -0.2) is 21.0 Å². The first-order valence-corrected chi connectivity index (χ1v) is 4.52. The van der Waals surface area contributed by atoms with Crippen LogP contribution in [0.4, 0.5) is 0 Å². The van der Waals surface area contributed by atoms with Crippen molar-refractivity contribution in [1.29, 1.82) is 0 Å². The first-order valence-electron chi connectivity index (χ1n) is 4.52. The second kappa shape index (κ2) is 4.11. The number of nitrogens with zero attached hydrogens (tertiary/aromatic N) is 2. The summed E-state index contributed by atoms with van der Waals surface area (Å²) in [5.41, 5.74) is 6.82. The van der Waals surface area contributed by atoms with Gasteiger partial charge in [-0.1, -0.05) is 0 Å². The molecule has 0 fully saturated rings. The maximum Gasteiger partial charge on any atom is 0.372 e. The zero-order chi connectivity index (χ0) is 11.5. The number of hydrogen-bond acceptors (Lipinski definition) is 5. The Morgan fingerprint density at radius 3 is 2.94 bits per heavy atom. The van der Waals surface area contributed by atoms with Crippen LogP contribution >= 0.6 is 0 Å². The molecule has 2 rings (SSSR count). The Morgan fingerprint density at radius 1 is 1.50 bits per heavy atom. The van der Waals surface area contributed by atoms with Crippen LogP contribution in [0.15, 0.2) is 35.3 Å². The van der Waals surface area contributed by atoms with Crippen LogP contribution in [0.3, 0.4) is 0 Å². The Morgan fingerprint density at radius 2 is 2.31 bits per heavy atom. The Hall–Kier alpha value is -2.21. The molecule has 0 aliphatic carbocycles. The fraction of sp³-hybridized carbons (Fsp3) is 0.100. The molecule has 0 spiro atoms. The second-order valence-electron chi connectivity index (χ2n) is 3.12. The molecule has 1 unspecified atom stereocenters. The minimum Gasteiger partial charge on any atom is -0.475 e. The first-order chi connectivity index (χ1) is 7.70. The van der Waals surface area contributed by atoms with E-state index in [0.717, 1.165) is 0 Å². The highest BCUT2D eigenvalue weighted by atomic mass is 16.4. The van der Waals surface area contributed by atoms with Crippen molar-refractivity contribution < 1.29 is 14.3 Å². The van der Waals surface area contributed by atoms with Crippen molar-refractivity contribution >= 4 is 5.97 Å². The minimum absolute atomic E-state index is 0.161. The highest BCUT2D eigenvalue weighted by molar-refractivity contribution is 5.86. The van der Waals surface area contributed by atoms with Gasteiger partial charge in [0.2, 0.25) is 5.76 Å². The van der Waals surface area contributed by atoms with Gasteiger partial charge in [0, 0.05) is 11.8 Å². The molecule has 0 saturated carbocycles. The predicted octanol–water partition coefficient (Wildman–Crippen LogP) is 0.816. The Labute approximate surface area is 90.7 Å². The maximum absolute atomic E-state index is 10.8. The van der Waals surface area contributed by atoms with E-state index in [2.05, 4.69) is 9.97 Å². The Balaban J connectivity index is 2.38. The van der Waals surface area contributed by atoms with Gasteiger partial charge in [0.1, 0.15) is 6.33 Å². The van der Waals surface area contributed by atoms with E-state index < -0.39 is 12.0 Å². The summed E-state index contributed by atoms with van der Waals surface area (Å²) in [5.74, 6) is -1.31. The average molecular weight is 219 g/mol. The lowest BCUT2D eigenvalue weighted by Crippen LogP contribution is -2.15. The molecule has 2 aromatic rings. The average Bonchev–Trinajstić information content (AvgIpc) is 2.78. The number of carbonyl (C=O) groups is 1. The fourth-order valence-corrected chi connectivity index (χ4v) is 1.38. The molecular weight excluding hydrogens is 210 g/mol. The van der Waals surface area contributed by atoms with Gasteiger partial charge in [-0.2, -0.15) is 0 Å². The van der Waals surface area contributed by atoms with Crippen LogP contribution in [-0.2, 0) is 0 Å². The van der Waals surface area contributed by atoms with E-state index in [1.807, 2.05) is 0 Å². The Bertz CT molecular complexity index is 495. The van der Waals surface area contributed by atoms with Crippen LogP contribution < -0.4 is 5.73 Å². The molecule has 6 heteroatoms. The largest absolute Gasteiger partial charge is 0.475 e. The van der Waals surface area contributed by atoms with Gasteiger partial charge in [0.25, 0.3) is 0 Å². The third-order valence-electron chi connectivity index (χ3n) is 2.15. The predicted molar refractivity (Wildman–Crippen MR) is 53.7 cm³/mol.